The predicted molar refractivity (Wildman–Crippen MR) is 74.3 cm³/mol. The monoisotopic (exact) mass is 262 g/mol. The van der Waals surface area contributed by atoms with Gasteiger partial charge in [-0.2, -0.15) is 0 Å². The second-order valence-corrected chi connectivity index (χ2v) is 5.69. The lowest BCUT2D eigenvalue weighted by atomic mass is 9.96. The molecule has 0 aromatic carbocycles. The zero-order valence-electron chi connectivity index (χ0n) is 11.6. The summed E-state index contributed by atoms with van der Waals surface area (Å²) in [5.41, 5.74) is 6.39. The summed E-state index contributed by atoms with van der Waals surface area (Å²) < 4.78 is 0. The Labute approximate surface area is 114 Å². The van der Waals surface area contributed by atoms with Gasteiger partial charge in [-0.05, 0) is 38.9 Å². The number of rotatable bonds is 4. The fourth-order valence-electron chi connectivity index (χ4n) is 2.58. The first-order valence-corrected chi connectivity index (χ1v) is 6.68. The average Bonchev–Trinajstić information content (AvgIpc) is 2.34. The van der Waals surface area contributed by atoms with Crippen LogP contribution in [0.2, 0.25) is 0 Å². The van der Waals surface area contributed by atoms with Gasteiger partial charge in [0.2, 0.25) is 5.91 Å². The van der Waals surface area contributed by atoms with E-state index >= 15 is 0 Å². The first-order chi connectivity index (χ1) is 9.02. The van der Waals surface area contributed by atoms with Crippen molar-refractivity contribution in [3.05, 3.63) is 30.1 Å². The van der Waals surface area contributed by atoms with E-state index in [1.54, 1.807) is 6.20 Å². The van der Waals surface area contributed by atoms with E-state index in [9.17, 15) is 4.79 Å². The van der Waals surface area contributed by atoms with Gasteiger partial charge < -0.3 is 11.1 Å². The van der Waals surface area contributed by atoms with Crippen LogP contribution in [0.1, 0.15) is 26.0 Å². The van der Waals surface area contributed by atoms with Gasteiger partial charge in [-0.1, -0.05) is 6.07 Å². The molecule has 5 heteroatoms. The van der Waals surface area contributed by atoms with E-state index in [0.29, 0.717) is 19.5 Å². The van der Waals surface area contributed by atoms with Gasteiger partial charge in [-0.15, -0.1) is 0 Å². The summed E-state index contributed by atoms with van der Waals surface area (Å²) in [6, 6.07) is 5.70. The normalized spacial score (nSPS) is 23.1. The standard InChI is InChI=1S/C14H22N4O/c1-14(2)10-18(9-11-5-3-4-8-16-11)12(6-7-15)13(19)17-14/h3-5,8,12H,6-7,9-10,15H2,1-2H3,(H,17,19). The molecule has 0 spiro atoms. The smallest absolute Gasteiger partial charge is 0.237 e. The van der Waals surface area contributed by atoms with Crippen LogP contribution in [0.25, 0.3) is 0 Å². The van der Waals surface area contributed by atoms with E-state index in [2.05, 4.69) is 15.2 Å². The van der Waals surface area contributed by atoms with Crippen LogP contribution in [0.15, 0.2) is 24.4 Å². The molecule has 1 aromatic heterocycles. The van der Waals surface area contributed by atoms with Crippen molar-refractivity contribution >= 4 is 5.91 Å². The zero-order valence-corrected chi connectivity index (χ0v) is 11.6. The molecule has 1 amide bonds. The summed E-state index contributed by atoms with van der Waals surface area (Å²) in [5, 5.41) is 3.05. The van der Waals surface area contributed by atoms with Crippen molar-refractivity contribution in [1.29, 1.82) is 0 Å². The number of nitrogens with one attached hydrogen (secondary N) is 1. The largest absolute Gasteiger partial charge is 0.349 e. The molecule has 0 bridgehead atoms. The Morgan fingerprint density at radius 1 is 1.53 bits per heavy atom. The minimum absolute atomic E-state index is 0.0673. The zero-order chi connectivity index (χ0) is 13.9. The molecule has 1 saturated heterocycles. The highest BCUT2D eigenvalue weighted by Gasteiger charge is 2.37. The molecule has 1 aromatic rings. The third-order valence-corrected chi connectivity index (χ3v) is 3.33. The molecule has 3 N–H and O–H groups in total. The Balaban J connectivity index is 2.15. The molecule has 0 saturated carbocycles. The molecule has 1 aliphatic heterocycles. The molecule has 19 heavy (non-hydrogen) atoms. The Hall–Kier alpha value is -1.46. The molecule has 104 valence electrons. The Morgan fingerprint density at radius 2 is 2.32 bits per heavy atom. The third-order valence-electron chi connectivity index (χ3n) is 3.33. The molecule has 1 fully saturated rings. The van der Waals surface area contributed by atoms with Crippen LogP contribution in [0, 0.1) is 0 Å². The summed E-state index contributed by atoms with van der Waals surface area (Å²) in [5.74, 6) is 0.0673. The highest BCUT2D eigenvalue weighted by molar-refractivity contribution is 5.83. The number of hydrogen-bond donors (Lipinski definition) is 2. The molecular formula is C14H22N4O. The number of nitrogens with two attached hydrogens (primary N) is 1. The number of aromatic nitrogens is 1. The van der Waals surface area contributed by atoms with Crippen LogP contribution in [-0.4, -0.2) is 40.5 Å². The lowest BCUT2D eigenvalue weighted by Crippen LogP contribution is -2.64. The number of piperazine rings is 1. The molecular weight excluding hydrogens is 240 g/mol. The second-order valence-electron chi connectivity index (χ2n) is 5.69. The van der Waals surface area contributed by atoms with Gasteiger partial charge in [-0.25, -0.2) is 0 Å². The third kappa shape index (κ3) is 3.52. The number of nitrogens with zero attached hydrogens (tertiary/aromatic N) is 2. The fourth-order valence-corrected chi connectivity index (χ4v) is 2.58. The van der Waals surface area contributed by atoms with Crippen LogP contribution in [0.3, 0.4) is 0 Å². The first-order valence-electron chi connectivity index (χ1n) is 6.68. The maximum absolute atomic E-state index is 12.2. The maximum Gasteiger partial charge on any atom is 0.237 e. The summed E-state index contributed by atoms with van der Waals surface area (Å²) >= 11 is 0. The lowest BCUT2D eigenvalue weighted by molar-refractivity contribution is -0.133. The predicted octanol–water partition coefficient (Wildman–Crippen LogP) is 0.509. The number of amides is 1. The van der Waals surface area contributed by atoms with E-state index in [1.807, 2.05) is 32.0 Å². The van der Waals surface area contributed by atoms with E-state index in [0.717, 1.165) is 12.2 Å². The minimum Gasteiger partial charge on any atom is -0.349 e. The van der Waals surface area contributed by atoms with Crippen LogP contribution in [-0.2, 0) is 11.3 Å². The molecule has 2 heterocycles. The van der Waals surface area contributed by atoms with Gasteiger partial charge in [0.15, 0.2) is 0 Å². The number of pyridine rings is 1. The van der Waals surface area contributed by atoms with Crippen LogP contribution >= 0.6 is 0 Å². The summed E-state index contributed by atoms with van der Waals surface area (Å²) in [6.45, 7) is 6.07. The first kappa shape index (κ1) is 14.0. The molecule has 0 radical (unpaired) electrons. The van der Waals surface area contributed by atoms with E-state index < -0.39 is 0 Å². The Kier molecular flexibility index (Phi) is 4.17. The van der Waals surface area contributed by atoms with Crippen molar-refractivity contribution in [2.24, 2.45) is 5.73 Å². The van der Waals surface area contributed by atoms with Gasteiger partial charge in [-0.3, -0.25) is 14.7 Å². The van der Waals surface area contributed by atoms with Crippen molar-refractivity contribution in [1.82, 2.24) is 15.2 Å². The highest BCUT2D eigenvalue weighted by Crippen LogP contribution is 2.19. The van der Waals surface area contributed by atoms with Crippen molar-refractivity contribution < 1.29 is 4.79 Å². The van der Waals surface area contributed by atoms with Crippen molar-refractivity contribution in [3.8, 4) is 0 Å². The molecule has 5 nitrogen and oxygen atoms in total. The highest BCUT2D eigenvalue weighted by atomic mass is 16.2. The van der Waals surface area contributed by atoms with E-state index in [4.69, 9.17) is 5.73 Å². The van der Waals surface area contributed by atoms with Crippen LogP contribution in [0.4, 0.5) is 0 Å². The average molecular weight is 262 g/mol. The SMILES string of the molecule is CC1(C)CN(Cc2ccccn2)C(CCN)C(=O)N1. The van der Waals surface area contributed by atoms with Crippen molar-refractivity contribution in [2.75, 3.05) is 13.1 Å². The van der Waals surface area contributed by atoms with Crippen molar-refractivity contribution in [3.63, 3.8) is 0 Å². The summed E-state index contributed by atoms with van der Waals surface area (Å²) in [7, 11) is 0. The minimum atomic E-state index is -0.211. The number of carbonyl (C=O) groups excluding carboxylic acids is 1. The second kappa shape index (κ2) is 5.67. The Morgan fingerprint density at radius 3 is 2.95 bits per heavy atom. The molecule has 2 rings (SSSR count). The molecule has 1 atom stereocenters. The molecule has 1 unspecified atom stereocenters. The van der Waals surface area contributed by atoms with Gasteiger partial charge in [0, 0.05) is 24.8 Å². The molecule has 1 aliphatic rings. The maximum atomic E-state index is 12.2. The van der Waals surface area contributed by atoms with Gasteiger partial charge in [0.25, 0.3) is 0 Å². The van der Waals surface area contributed by atoms with E-state index in [1.165, 1.54) is 0 Å². The number of hydrogen-bond acceptors (Lipinski definition) is 4. The van der Waals surface area contributed by atoms with Gasteiger partial charge in [0.05, 0.1) is 11.7 Å². The van der Waals surface area contributed by atoms with Gasteiger partial charge >= 0.3 is 0 Å². The summed E-state index contributed by atoms with van der Waals surface area (Å²) in [6.07, 6.45) is 2.46. The fraction of sp³-hybridized carbons (Fsp3) is 0.571. The van der Waals surface area contributed by atoms with Crippen LogP contribution < -0.4 is 11.1 Å². The number of carbonyl (C=O) groups is 1. The molecule has 0 aliphatic carbocycles. The quantitative estimate of drug-likeness (QED) is 0.829. The van der Waals surface area contributed by atoms with Crippen molar-refractivity contribution in [2.45, 2.75) is 38.4 Å². The Bertz CT molecular complexity index is 432. The van der Waals surface area contributed by atoms with Crippen LogP contribution in [0.5, 0.6) is 0 Å². The van der Waals surface area contributed by atoms with E-state index in [-0.39, 0.29) is 17.5 Å². The summed E-state index contributed by atoms with van der Waals surface area (Å²) in [4.78, 5) is 18.7. The van der Waals surface area contributed by atoms with Gasteiger partial charge in [0.1, 0.15) is 0 Å². The topological polar surface area (TPSA) is 71.2 Å². The lowest BCUT2D eigenvalue weighted by Gasteiger charge is -2.43.